The molecule has 38 valence electrons. The minimum atomic E-state index is -1.29. The van der Waals surface area contributed by atoms with Crippen LogP contribution in [-0.2, 0) is 4.79 Å². The zero-order chi connectivity index (χ0) is 5.15. The molecular weight excluding hydrogens is 150 g/mol. The van der Waals surface area contributed by atoms with Crippen molar-refractivity contribution in [2.45, 2.75) is 4.84 Å². The van der Waals surface area contributed by atoms with Gasteiger partial charge in [-0.25, -0.2) is 4.79 Å². The van der Waals surface area contributed by atoms with E-state index >= 15 is 0 Å². The second kappa shape index (κ2) is 5.19. The third-order valence-corrected chi connectivity index (χ3v) is 0.560. The van der Waals surface area contributed by atoms with Gasteiger partial charge in [0.05, 0.1) is 0 Å². The molecule has 0 heterocycles. The van der Waals surface area contributed by atoms with Crippen LogP contribution in [0.25, 0.3) is 0 Å². The average molecular weight is 153 g/mol. The van der Waals surface area contributed by atoms with Crippen molar-refractivity contribution in [2.24, 2.45) is 0 Å². The quantitative estimate of drug-likeness (QED) is 0.432. The van der Waals surface area contributed by atoms with E-state index < -0.39 is 10.8 Å². The van der Waals surface area contributed by atoms with Crippen LogP contribution in [0.2, 0.25) is 0 Å². The van der Waals surface area contributed by atoms with Gasteiger partial charge in [-0.15, -0.1) is 0 Å². The van der Waals surface area contributed by atoms with Crippen molar-refractivity contribution >= 4 is 58.7 Å². The fraction of sp³-hybridized carbons (Fsp3) is 0.500. The Kier molecular flexibility index (Phi) is 8.11. The van der Waals surface area contributed by atoms with Gasteiger partial charge in [0.25, 0.3) is 0 Å². The number of rotatable bonds is 1. The maximum absolute atomic E-state index is 9.44. The molecule has 0 atom stereocenters. The van der Waals surface area contributed by atoms with Gasteiger partial charge in [-0.3, -0.25) is 0 Å². The van der Waals surface area contributed by atoms with Crippen molar-refractivity contribution in [3.8, 4) is 0 Å². The van der Waals surface area contributed by atoms with Crippen molar-refractivity contribution in [1.29, 1.82) is 0 Å². The first kappa shape index (κ1) is 10.9. The standard InChI is InChI=1S/C2H2Cl2O2.Na.H/c3-1(4)2(5)6;;/h1H,(H,5,6);;. The first-order valence-electron chi connectivity index (χ1n) is 1.15. The zero-order valence-corrected chi connectivity index (χ0v) is 4.20. The van der Waals surface area contributed by atoms with Gasteiger partial charge in [0, 0.05) is 0 Å². The van der Waals surface area contributed by atoms with Crippen LogP contribution >= 0.6 is 23.2 Å². The Hall–Kier alpha value is 1.05. The molecule has 0 unspecified atom stereocenters. The van der Waals surface area contributed by atoms with Crippen molar-refractivity contribution in [3.05, 3.63) is 0 Å². The molecule has 0 radical (unpaired) electrons. The van der Waals surface area contributed by atoms with E-state index in [-0.39, 0.29) is 29.6 Å². The summed E-state index contributed by atoms with van der Waals surface area (Å²) in [7, 11) is 0. The van der Waals surface area contributed by atoms with Crippen LogP contribution in [0.4, 0.5) is 0 Å². The van der Waals surface area contributed by atoms with Crippen LogP contribution in [0, 0.1) is 0 Å². The average Bonchev–Trinajstić information content (AvgIpc) is 1.36. The normalized spacial score (nSPS) is 7.86. The van der Waals surface area contributed by atoms with Crippen molar-refractivity contribution < 1.29 is 9.90 Å². The summed E-state index contributed by atoms with van der Waals surface area (Å²) >= 11 is 9.56. The molecule has 0 fully saturated rings. The first-order chi connectivity index (χ1) is 2.64. The van der Waals surface area contributed by atoms with Gasteiger partial charge in [0.2, 0.25) is 4.84 Å². The summed E-state index contributed by atoms with van der Waals surface area (Å²) in [6.07, 6.45) is 0. The van der Waals surface area contributed by atoms with Gasteiger partial charge >= 0.3 is 35.5 Å². The Bertz CT molecular complexity index is 64.7. The third kappa shape index (κ3) is 7.05. The van der Waals surface area contributed by atoms with Gasteiger partial charge < -0.3 is 5.11 Å². The molecule has 0 spiro atoms. The van der Waals surface area contributed by atoms with E-state index in [4.69, 9.17) is 28.3 Å². The third-order valence-electron chi connectivity index (χ3n) is 0.187. The van der Waals surface area contributed by atoms with Crippen LogP contribution in [0.5, 0.6) is 0 Å². The van der Waals surface area contributed by atoms with Gasteiger partial charge in [-0.05, 0) is 0 Å². The van der Waals surface area contributed by atoms with Gasteiger partial charge in [-0.2, -0.15) is 0 Å². The Balaban J connectivity index is 0. The van der Waals surface area contributed by atoms with Crippen LogP contribution in [0.1, 0.15) is 0 Å². The molecule has 0 rings (SSSR count). The Labute approximate surface area is 73.1 Å². The molecular formula is C2H3Cl2NaO2. The number of hydrogen-bond acceptors (Lipinski definition) is 1. The van der Waals surface area contributed by atoms with E-state index in [1.807, 2.05) is 0 Å². The molecule has 0 aliphatic carbocycles. The summed E-state index contributed by atoms with van der Waals surface area (Å²) in [5.41, 5.74) is 0. The van der Waals surface area contributed by atoms with E-state index in [0.717, 1.165) is 0 Å². The van der Waals surface area contributed by atoms with Crippen LogP contribution in [0.15, 0.2) is 0 Å². The van der Waals surface area contributed by atoms with Crippen molar-refractivity contribution in [2.75, 3.05) is 0 Å². The number of halogens is 2. The van der Waals surface area contributed by atoms with Crippen LogP contribution in [-0.4, -0.2) is 45.5 Å². The van der Waals surface area contributed by atoms with E-state index in [2.05, 4.69) is 0 Å². The van der Waals surface area contributed by atoms with E-state index in [9.17, 15) is 4.79 Å². The summed E-state index contributed by atoms with van der Waals surface area (Å²) < 4.78 is 0. The summed E-state index contributed by atoms with van der Waals surface area (Å²) in [6, 6.07) is 0. The topological polar surface area (TPSA) is 37.3 Å². The molecule has 0 saturated heterocycles. The number of carboxylic acids is 1. The minimum absolute atomic E-state index is 0. The van der Waals surface area contributed by atoms with Gasteiger partial charge in [0.15, 0.2) is 0 Å². The molecule has 0 aliphatic rings. The fourth-order valence-electron chi connectivity index (χ4n) is 0. The molecule has 0 amide bonds. The number of aliphatic carboxylic acids is 1. The summed E-state index contributed by atoms with van der Waals surface area (Å²) in [5.74, 6) is -1.21. The summed E-state index contributed by atoms with van der Waals surface area (Å²) in [6.45, 7) is 0. The monoisotopic (exact) mass is 152 g/mol. The molecule has 7 heavy (non-hydrogen) atoms. The molecule has 1 N–H and O–H groups in total. The van der Waals surface area contributed by atoms with Gasteiger partial charge in [0.1, 0.15) is 0 Å². The van der Waals surface area contributed by atoms with Crippen molar-refractivity contribution in [3.63, 3.8) is 0 Å². The Morgan fingerprint density at radius 3 is 1.71 bits per heavy atom. The predicted octanol–water partition coefficient (Wildman–Crippen LogP) is 0.226. The van der Waals surface area contributed by atoms with Gasteiger partial charge in [-0.1, -0.05) is 23.2 Å². The number of hydrogen-bond donors (Lipinski definition) is 1. The summed E-state index contributed by atoms with van der Waals surface area (Å²) in [5, 5.41) is 7.73. The van der Waals surface area contributed by atoms with Crippen LogP contribution < -0.4 is 0 Å². The second-order valence-corrected chi connectivity index (χ2v) is 1.74. The molecule has 5 heteroatoms. The first-order valence-corrected chi connectivity index (χ1v) is 2.03. The van der Waals surface area contributed by atoms with E-state index in [1.165, 1.54) is 0 Å². The second-order valence-electron chi connectivity index (χ2n) is 0.639. The van der Waals surface area contributed by atoms with Crippen molar-refractivity contribution in [1.82, 2.24) is 0 Å². The molecule has 0 bridgehead atoms. The van der Waals surface area contributed by atoms with E-state index in [0.29, 0.717) is 0 Å². The van der Waals surface area contributed by atoms with Crippen LogP contribution in [0.3, 0.4) is 0 Å². The Morgan fingerprint density at radius 1 is 1.57 bits per heavy atom. The predicted molar refractivity (Wildman–Crippen MR) is 30.3 cm³/mol. The number of carboxylic acid groups (broad SMARTS) is 1. The number of carbonyl (C=O) groups is 1. The molecule has 0 saturated carbocycles. The molecule has 0 aliphatic heterocycles. The maximum atomic E-state index is 9.44. The zero-order valence-electron chi connectivity index (χ0n) is 2.69. The SMILES string of the molecule is O=C(O)C(Cl)Cl.[NaH]. The number of alkyl halides is 2. The van der Waals surface area contributed by atoms with E-state index in [1.54, 1.807) is 0 Å². The fourth-order valence-corrected chi connectivity index (χ4v) is 0. The molecule has 0 aromatic heterocycles. The Morgan fingerprint density at radius 2 is 1.71 bits per heavy atom. The molecule has 2 nitrogen and oxygen atoms in total. The molecule has 0 aromatic carbocycles. The molecule has 0 aromatic rings. The summed E-state index contributed by atoms with van der Waals surface area (Å²) in [4.78, 5) is 8.15.